The highest BCUT2D eigenvalue weighted by Gasteiger charge is 2.35. The lowest BCUT2D eigenvalue weighted by Crippen LogP contribution is -2.21. The number of benzene rings is 1. The molecular formula is C11H14F3NO. The van der Waals surface area contributed by atoms with E-state index in [-0.39, 0.29) is 11.5 Å². The van der Waals surface area contributed by atoms with Crippen LogP contribution in [-0.4, -0.2) is 5.11 Å². The maximum Gasteiger partial charge on any atom is 0.416 e. The van der Waals surface area contributed by atoms with Crippen LogP contribution in [0.25, 0.3) is 0 Å². The van der Waals surface area contributed by atoms with Crippen LogP contribution < -0.4 is 5.73 Å². The number of hydrogen-bond donors (Lipinski definition) is 2. The van der Waals surface area contributed by atoms with Crippen LogP contribution in [0, 0.1) is 5.92 Å². The molecule has 1 unspecified atom stereocenters. The molecule has 0 aliphatic rings. The first-order chi connectivity index (χ1) is 7.23. The Kier molecular flexibility index (Phi) is 3.48. The molecule has 16 heavy (non-hydrogen) atoms. The van der Waals surface area contributed by atoms with E-state index in [2.05, 4.69) is 0 Å². The van der Waals surface area contributed by atoms with Gasteiger partial charge in [-0.1, -0.05) is 19.9 Å². The fourth-order valence-electron chi connectivity index (χ4n) is 1.44. The molecule has 1 atom stereocenters. The summed E-state index contributed by atoms with van der Waals surface area (Å²) < 4.78 is 38.1. The monoisotopic (exact) mass is 233 g/mol. The van der Waals surface area contributed by atoms with E-state index in [0.29, 0.717) is 6.07 Å². The van der Waals surface area contributed by atoms with Crippen molar-refractivity contribution in [3.8, 4) is 5.75 Å². The maximum atomic E-state index is 12.7. The Balaban J connectivity index is 3.29. The largest absolute Gasteiger partial charge is 0.508 e. The Hall–Kier alpha value is -1.23. The Labute approximate surface area is 91.9 Å². The van der Waals surface area contributed by atoms with Gasteiger partial charge in [0.1, 0.15) is 5.75 Å². The van der Waals surface area contributed by atoms with Crippen molar-refractivity contribution >= 4 is 0 Å². The van der Waals surface area contributed by atoms with Crippen molar-refractivity contribution in [2.45, 2.75) is 26.1 Å². The van der Waals surface area contributed by atoms with Gasteiger partial charge in [-0.15, -0.1) is 0 Å². The third kappa shape index (κ3) is 2.66. The molecule has 0 aliphatic carbocycles. The minimum atomic E-state index is -4.50. The van der Waals surface area contributed by atoms with Crippen LogP contribution in [-0.2, 0) is 6.18 Å². The van der Waals surface area contributed by atoms with E-state index in [4.69, 9.17) is 10.8 Å². The van der Waals surface area contributed by atoms with Crippen LogP contribution in [0.1, 0.15) is 31.0 Å². The molecule has 1 rings (SSSR count). The molecule has 0 radical (unpaired) electrons. The van der Waals surface area contributed by atoms with Crippen LogP contribution in [0.3, 0.4) is 0 Å². The summed E-state index contributed by atoms with van der Waals surface area (Å²) in [4.78, 5) is 0. The van der Waals surface area contributed by atoms with Crippen LogP contribution in [0.4, 0.5) is 13.2 Å². The minimum absolute atomic E-state index is 0.0142. The third-order valence-corrected chi connectivity index (χ3v) is 2.42. The Morgan fingerprint density at radius 3 is 2.25 bits per heavy atom. The first kappa shape index (κ1) is 12.8. The Morgan fingerprint density at radius 2 is 1.81 bits per heavy atom. The van der Waals surface area contributed by atoms with Gasteiger partial charge in [0, 0.05) is 6.04 Å². The van der Waals surface area contributed by atoms with Gasteiger partial charge < -0.3 is 10.8 Å². The number of hydrogen-bond acceptors (Lipinski definition) is 2. The van der Waals surface area contributed by atoms with Crippen molar-refractivity contribution in [3.63, 3.8) is 0 Å². The Bertz CT molecular complexity index is 374. The summed E-state index contributed by atoms with van der Waals surface area (Å²) in [6.07, 6.45) is -4.50. The topological polar surface area (TPSA) is 46.2 Å². The highest BCUT2D eigenvalue weighted by Crippen LogP contribution is 2.37. The zero-order valence-electron chi connectivity index (χ0n) is 9.05. The van der Waals surface area contributed by atoms with E-state index in [0.717, 1.165) is 0 Å². The lowest BCUT2D eigenvalue weighted by atomic mass is 9.92. The summed E-state index contributed by atoms with van der Waals surface area (Å²) in [6, 6.07) is 2.45. The summed E-state index contributed by atoms with van der Waals surface area (Å²) in [5, 5.41) is 9.08. The maximum absolute atomic E-state index is 12.7. The molecule has 1 aromatic rings. The molecule has 0 saturated heterocycles. The molecule has 0 spiro atoms. The van der Waals surface area contributed by atoms with Crippen molar-refractivity contribution in [1.29, 1.82) is 0 Å². The van der Waals surface area contributed by atoms with Gasteiger partial charge in [0.15, 0.2) is 0 Å². The van der Waals surface area contributed by atoms with Gasteiger partial charge in [-0.25, -0.2) is 0 Å². The molecule has 1 aromatic carbocycles. The summed E-state index contributed by atoms with van der Waals surface area (Å²) in [5.74, 6) is -0.516. The summed E-state index contributed by atoms with van der Waals surface area (Å²) in [7, 11) is 0. The molecule has 0 amide bonds. The summed E-state index contributed by atoms with van der Waals surface area (Å²) in [5.41, 5.74) is 4.85. The number of phenols is 1. The Morgan fingerprint density at radius 1 is 1.25 bits per heavy atom. The molecule has 0 saturated carbocycles. The van der Waals surface area contributed by atoms with Gasteiger partial charge in [0.2, 0.25) is 0 Å². The zero-order valence-corrected chi connectivity index (χ0v) is 9.05. The average molecular weight is 233 g/mol. The SMILES string of the molecule is CC(C)C(N)c1ccc(O)cc1C(F)(F)F. The van der Waals surface area contributed by atoms with Crippen molar-refractivity contribution in [2.75, 3.05) is 0 Å². The van der Waals surface area contributed by atoms with Crippen molar-refractivity contribution in [2.24, 2.45) is 11.7 Å². The van der Waals surface area contributed by atoms with E-state index >= 15 is 0 Å². The summed E-state index contributed by atoms with van der Waals surface area (Å²) >= 11 is 0. The fraction of sp³-hybridized carbons (Fsp3) is 0.455. The predicted octanol–water partition coefficient (Wildman–Crippen LogP) is 3.07. The molecule has 0 heterocycles. The van der Waals surface area contributed by atoms with Gasteiger partial charge in [-0.05, 0) is 23.6 Å². The molecule has 2 nitrogen and oxygen atoms in total. The third-order valence-electron chi connectivity index (χ3n) is 2.42. The zero-order chi connectivity index (χ0) is 12.5. The normalized spacial score (nSPS) is 14.2. The molecule has 3 N–H and O–H groups in total. The molecular weight excluding hydrogens is 219 g/mol. The molecule has 0 fully saturated rings. The molecule has 90 valence electrons. The second-order valence-corrected chi connectivity index (χ2v) is 4.04. The van der Waals surface area contributed by atoms with Gasteiger partial charge >= 0.3 is 6.18 Å². The van der Waals surface area contributed by atoms with Crippen LogP contribution in [0.5, 0.6) is 5.75 Å². The highest BCUT2D eigenvalue weighted by atomic mass is 19.4. The van der Waals surface area contributed by atoms with E-state index in [9.17, 15) is 13.2 Å². The van der Waals surface area contributed by atoms with E-state index < -0.39 is 23.5 Å². The number of halogens is 3. The van der Waals surface area contributed by atoms with E-state index in [1.807, 2.05) is 0 Å². The standard InChI is InChI=1S/C11H14F3NO/c1-6(2)10(15)8-4-3-7(16)5-9(8)11(12,13)14/h3-6,10,16H,15H2,1-2H3. The van der Waals surface area contributed by atoms with E-state index in [1.165, 1.54) is 12.1 Å². The second-order valence-electron chi connectivity index (χ2n) is 4.04. The summed E-state index contributed by atoms with van der Waals surface area (Å²) in [6.45, 7) is 3.50. The first-order valence-corrected chi connectivity index (χ1v) is 4.89. The number of alkyl halides is 3. The van der Waals surface area contributed by atoms with Gasteiger partial charge in [0.25, 0.3) is 0 Å². The van der Waals surface area contributed by atoms with Crippen LogP contribution in [0.15, 0.2) is 18.2 Å². The van der Waals surface area contributed by atoms with Crippen molar-refractivity contribution in [3.05, 3.63) is 29.3 Å². The number of aromatic hydroxyl groups is 1. The molecule has 0 aromatic heterocycles. The predicted molar refractivity (Wildman–Crippen MR) is 54.9 cm³/mol. The number of phenolic OH excluding ortho intramolecular Hbond substituents is 1. The molecule has 0 bridgehead atoms. The quantitative estimate of drug-likeness (QED) is 0.824. The fourth-order valence-corrected chi connectivity index (χ4v) is 1.44. The van der Waals surface area contributed by atoms with Gasteiger partial charge in [-0.3, -0.25) is 0 Å². The highest BCUT2D eigenvalue weighted by molar-refractivity contribution is 5.38. The van der Waals surface area contributed by atoms with Crippen LogP contribution >= 0.6 is 0 Å². The number of nitrogens with two attached hydrogens (primary N) is 1. The average Bonchev–Trinajstić information content (AvgIpc) is 2.15. The van der Waals surface area contributed by atoms with Gasteiger partial charge in [0.05, 0.1) is 5.56 Å². The van der Waals surface area contributed by atoms with E-state index in [1.54, 1.807) is 13.8 Å². The second kappa shape index (κ2) is 4.33. The first-order valence-electron chi connectivity index (χ1n) is 4.89. The van der Waals surface area contributed by atoms with Crippen LogP contribution in [0.2, 0.25) is 0 Å². The van der Waals surface area contributed by atoms with Gasteiger partial charge in [-0.2, -0.15) is 13.2 Å². The smallest absolute Gasteiger partial charge is 0.416 e. The number of rotatable bonds is 2. The van der Waals surface area contributed by atoms with Crippen molar-refractivity contribution < 1.29 is 18.3 Å². The van der Waals surface area contributed by atoms with Crippen molar-refractivity contribution in [1.82, 2.24) is 0 Å². The minimum Gasteiger partial charge on any atom is -0.508 e. The molecule has 5 heteroatoms. The lowest BCUT2D eigenvalue weighted by Gasteiger charge is -2.21. The lowest BCUT2D eigenvalue weighted by molar-refractivity contribution is -0.138. The molecule has 0 aliphatic heterocycles.